The summed E-state index contributed by atoms with van der Waals surface area (Å²) >= 11 is 0. The average molecular weight is 199 g/mol. The molecule has 0 aromatic carbocycles. The summed E-state index contributed by atoms with van der Waals surface area (Å²) in [5.74, 6) is 0.951. The van der Waals surface area contributed by atoms with E-state index in [1.807, 2.05) is 0 Å². The van der Waals surface area contributed by atoms with Crippen molar-refractivity contribution in [1.82, 2.24) is 5.32 Å². The molecule has 1 atom stereocenters. The van der Waals surface area contributed by atoms with Crippen molar-refractivity contribution in [2.75, 3.05) is 6.54 Å². The van der Waals surface area contributed by atoms with Crippen LogP contribution in [0.1, 0.15) is 66.2 Å². The van der Waals surface area contributed by atoms with Crippen molar-refractivity contribution in [3.8, 4) is 0 Å². The van der Waals surface area contributed by atoms with Gasteiger partial charge in [-0.25, -0.2) is 0 Å². The van der Waals surface area contributed by atoms with E-state index in [9.17, 15) is 0 Å². The van der Waals surface area contributed by atoms with Crippen molar-refractivity contribution < 1.29 is 0 Å². The lowest BCUT2D eigenvalue weighted by Crippen LogP contribution is -2.29. The Morgan fingerprint density at radius 1 is 0.857 bits per heavy atom. The summed E-state index contributed by atoms with van der Waals surface area (Å²) in [6.07, 6.45) is 7.99. The molecule has 0 heterocycles. The molecule has 0 fully saturated rings. The van der Waals surface area contributed by atoms with E-state index in [0.29, 0.717) is 0 Å². The van der Waals surface area contributed by atoms with Gasteiger partial charge in [0.05, 0.1) is 0 Å². The second-order valence-corrected chi connectivity index (χ2v) is 4.32. The SMILES string of the molecule is CCCNC(CC)CCC(CC)CC. The number of rotatable bonds is 9. The Bertz CT molecular complexity index is 108. The molecular formula is C13H29N. The van der Waals surface area contributed by atoms with Crippen LogP contribution in [-0.2, 0) is 0 Å². The Balaban J connectivity index is 3.59. The molecule has 0 amide bonds. The van der Waals surface area contributed by atoms with Crippen LogP contribution in [0.25, 0.3) is 0 Å². The van der Waals surface area contributed by atoms with E-state index in [4.69, 9.17) is 0 Å². The van der Waals surface area contributed by atoms with Crippen molar-refractivity contribution in [3.05, 3.63) is 0 Å². The minimum Gasteiger partial charge on any atom is -0.314 e. The summed E-state index contributed by atoms with van der Waals surface area (Å²) in [4.78, 5) is 0. The predicted molar refractivity (Wildman–Crippen MR) is 65.7 cm³/mol. The van der Waals surface area contributed by atoms with Crippen LogP contribution in [0, 0.1) is 5.92 Å². The summed E-state index contributed by atoms with van der Waals surface area (Å²) in [5.41, 5.74) is 0. The third-order valence-electron chi connectivity index (χ3n) is 3.25. The molecule has 0 saturated carbocycles. The Morgan fingerprint density at radius 3 is 1.93 bits per heavy atom. The van der Waals surface area contributed by atoms with Gasteiger partial charge in [0, 0.05) is 6.04 Å². The molecule has 1 heteroatoms. The third kappa shape index (κ3) is 6.42. The molecule has 0 aliphatic heterocycles. The molecule has 0 aromatic heterocycles. The molecule has 0 aliphatic carbocycles. The van der Waals surface area contributed by atoms with Crippen molar-refractivity contribution in [2.24, 2.45) is 5.92 Å². The smallest absolute Gasteiger partial charge is 0.00645 e. The molecule has 0 aromatic rings. The van der Waals surface area contributed by atoms with E-state index in [2.05, 4.69) is 33.0 Å². The minimum atomic E-state index is 0.760. The van der Waals surface area contributed by atoms with E-state index >= 15 is 0 Å². The van der Waals surface area contributed by atoms with Gasteiger partial charge in [-0.2, -0.15) is 0 Å². The van der Waals surface area contributed by atoms with Crippen LogP contribution in [0.15, 0.2) is 0 Å². The van der Waals surface area contributed by atoms with Gasteiger partial charge in [0.1, 0.15) is 0 Å². The summed E-state index contributed by atoms with van der Waals surface area (Å²) in [6, 6.07) is 0.760. The second kappa shape index (κ2) is 9.51. The van der Waals surface area contributed by atoms with E-state index in [1.165, 1.54) is 45.1 Å². The van der Waals surface area contributed by atoms with Gasteiger partial charge in [-0.3, -0.25) is 0 Å². The van der Waals surface area contributed by atoms with Gasteiger partial charge >= 0.3 is 0 Å². The third-order valence-corrected chi connectivity index (χ3v) is 3.25. The Kier molecular flexibility index (Phi) is 9.49. The second-order valence-electron chi connectivity index (χ2n) is 4.32. The Labute approximate surface area is 90.7 Å². The lowest BCUT2D eigenvalue weighted by atomic mass is 9.94. The van der Waals surface area contributed by atoms with Crippen LogP contribution in [-0.4, -0.2) is 12.6 Å². The molecule has 0 bridgehead atoms. The fraction of sp³-hybridized carbons (Fsp3) is 1.00. The summed E-state index contributed by atoms with van der Waals surface area (Å²) in [5, 5.41) is 3.62. The van der Waals surface area contributed by atoms with Crippen molar-refractivity contribution in [2.45, 2.75) is 72.3 Å². The molecule has 1 nitrogen and oxygen atoms in total. The molecule has 14 heavy (non-hydrogen) atoms. The highest BCUT2D eigenvalue weighted by Gasteiger charge is 2.08. The van der Waals surface area contributed by atoms with Crippen molar-refractivity contribution in [1.29, 1.82) is 0 Å². The summed E-state index contributed by atoms with van der Waals surface area (Å²) in [7, 11) is 0. The van der Waals surface area contributed by atoms with Gasteiger partial charge < -0.3 is 5.32 Å². The minimum absolute atomic E-state index is 0.760. The maximum Gasteiger partial charge on any atom is 0.00645 e. The Morgan fingerprint density at radius 2 is 1.50 bits per heavy atom. The van der Waals surface area contributed by atoms with E-state index in [1.54, 1.807) is 0 Å². The highest BCUT2D eigenvalue weighted by atomic mass is 14.9. The maximum absolute atomic E-state index is 3.62. The molecule has 1 unspecified atom stereocenters. The lowest BCUT2D eigenvalue weighted by Gasteiger charge is -2.19. The molecule has 0 rings (SSSR count). The Hall–Kier alpha value is -0.0400. The molecule has 1 N–H and O–H groups in total. The normalized spacial score (nSPS) is 13.5. The molecule has 0 aliphatic rings. The molecule has 0 radical (unpaired) electrons. The first-order valence-electron chi connectivity index (χ1n) is 6.51. The van der Waals surface area contributed by atoms with Gasteiger partial charge in [-0.1, -0.05) is 40.5 Å². The molecular weight excluding hydrogens is 170 g/mol. The van der Waals surface area contributed by atoms with Gasteiger partial charge in [0.2, 0.25) is 0 Å². The zero-order valence-corrected chi connectivity index (χ0v) is 10.6. The molecule has 0 saturated heterocycles. The van der Waals surface area contributed by atoms with Crippen LogP contribution in [0.3, 0.4) is 0 Å². The summed E-state index contributed by atoms with van der Waals surface area (Å²) in [6.45, 7) is 10.3. The zero-order chi connectivity index (χ0) is 10.8. The van der Waals surface area contributed by atoms with Gasteiger partial charge in [-0.15, -0.1) is 0 Å². The van der Waals surface area contributed by atoms with Crippen LogP contribution >= 0.6 is 0 Å². The first kappa shape index (κ1) is 14.0. The van der Waals surface area contributed by atoms with Gasteiger partial charge in [-0.05, 0) is 38.1 Å². The largest absolute Gasteiger partial charge is 0.314 e. The topological polar surface area (TPSA) is 12.0 Å². The van der Waals surface area contributed by atoms with Crippen LogP contribution in [0.4, 0.5) is 0 Å². The monoisotopic (exact) mass is 199 g/mol. The van der Waals surface area contributed by atoms with E-state index in [-0.39, 0.29) is 0 Å². The summed E-state index contributed by atoms with van der Waals surface area (Å²) < 4.78 is 0. The van der Waals surface area contributed by atoms with Crippen LogP contribution in [0.5, 0.6) is 0 Å². The standard InChI is InChI=1S/C13H29N/c1-5-11-14-13(8-4)10-9-12(6-2)7-3/h12-14H,5-11H2,1-4H3. The highest BCUT2D eigenvalue weighted by molar-refractivity contribution is 4.67. The van der Waals surface area contributed by atoms with Gasteiger partial charge in [0.15, 0.2) is 0 Å². The van der Waals surface area contributed by atoms with Crippen LogP contribution < -0.4 is 5.32 Å². The first-order valence-corrected chi connectivity index (χ1v) is 6.51. The van der Waals surface area contributed by atoms with E-state index < -0.39 is 0 Å². The van der Waals surface area contributed by atoms with Crippen molar-refractivity contribution in [3.63, 3.8) is 0 Å². The lowest BCUT2D eigenvalue weighted by molar-refractivity contribution is 0.379. The van der Waals surface area contributed by atoms with Gasteiger partial charge in [0.25, 0.3) is 0 Å². The fourth-order valence-electron chi connectivity index (χ4n) is 1.93. The fourth-order valence-corrected chi connectivity index (χ4v) is 1.93. The molecule has 86 valence electrons. The molecule has 0 spiro atoms. The van der Waals surface area contributed by atoms with Crippen molar-refractivity contribution >= 4 is 0 Å². The number of hydrogen-bond donors (Lipinski definition) is 1. The number of hydrogen-bond acceptors (Lipinski definition) is 1. The van der Waals surface area contributed by atoms with Crippen LogP contribution in [0.2, 0.25) is 0 Å². The predicted octanol–water partition coefficient (Wildman–Crippen LogP) is 3.98. The average Bonchev–Trinajstić information content (AvgIpc) is 2.23. The van der Waals surface area contributed by atoms with E-state index in [0.717, 1.165) is 12.0 Å². The maximum atomic E-state index is 3.62. The number of nitrogens with one attached hydrogen (secondary N) is 1. The highest BCUT2D eigenvalue weighted by Crippen LogP contribution is 2.16. The first-order chi connectivity index (χ1) is 6.78. The quantitative estimate of drug-likeness (QED) is 0.592. The zero-order valence-electron chi connectivity index (χ0n) is 10.6.